The van der Waals surface area contributed by atoms with Crippen molar-refractivity contribution in [3.8, 4) is 17.2 Å². The molecule has 0 unspecified atom stereocenters. The molecule has 0 aliphatic carbocycles. The van der Waals surface area contributed by atoms with Gasteiger partial charge in [0.15, 0.2) is 0 Å². The summed E-state index contributed by atoms with van der Waals surface area (Å²) < 4.78 is 5.59. The zero-order chi connectivity index (χ0) is 21.9. The number of aromatic nitrogens is 3. The molecule has 0 aliphatic heterocycles. The van der Waals surface area contributed by atoms with E-state index in [4.69, 9.17) is 9.97 Å². The second kappa shape index (κ2) is 7.24. The van der Waals surface area contributed by atoms with Crippen molar-refractivity contribution in [3.63, 3.8) is 0 Å². The molecule has 0 N–H and O–H groups in total. The van der Waals surface area contributed by atoms with Crippen LogP contribution in [0.1, 0.15) is 0 Å². The summed E-state index contributed by atoms with van der Waals surface area (Å²) in [7, 11) is 0. The molecule has 0 amide bonds. The highest BCUT2D eigenvalue weighted by atomic mass is 79.9. The topological polar surface area (TPSA) is 30.7 Å². The first-order valence-electron chi connectivity index (χ1n) is 10.7. The van der Waals surface area contributed by atoms with Gasteiger partial charge in [-0.25, -0.2) is 9.97 Å². The second-order valence-corrected chi connectivity index (χ2v) is 10.00. The van der Waals surface area contributed by atoms with Crippen LogP contribution in [0.5, 0.6) is 0 Å². The van der Waals surface area contributed by atoms with E-state index in [1.807, 2.05) is 6.07 Å². The Kier molecular flexibility index (Phi) is 4.16. The number of benzene rings is 4. The molecule has 0 spiro atoms. The molecule has 3 heterocycles. The maximum Gasteiger partial charge on any atom is 0.235 e. The van der Waals surface area contributed by atoms with Crippen molar-refractivity contribution in [3.05, 3.63) is 102 Å². The van der Waals surface area contributed by atoms with Crippen LogP contribution < -0.4 is 0 Å². The third-order valence-electron chi connectivity index (χ3n) is 6.09. The first-order valence-corrected chi connectivity index (χ1v) is 12.3. The summed E-state index contributed by atoms with van der Waals surface area (Å²) in [6, 6.07) is 33.7. The summed E-state index contributed by atoms with van der Waals surface area (Å²) in [4.78, 5) is 10.3. The highest BCUT2D eigenvalue weighted by Crippen LogP contribution is 2.40. The molecule has 0 saturated carbocycles. The van der Waals surface area contributed by atoms with Crippen molar-refractivity contribution >= 4 is 69.4 Å². The number of fused-ring (bicyclic) bond motifs is 6. The zero-order valence-corrected chi connectivity index (χ0v) is 19.8. The molecule has 7 rings (SSSR count). The van der Waals surface area contributed by atoms with E-state index in [2.05, 4.69) is 111 Å². The van der Waals surface area contributed by atoms with Gasteiger partial charge in [0.25, 0.3) is 0 Å². The molecular weight excluding hydrogens is 490 g/mol. The molecule has 5 heteroatoms. The van der Waals surface area contributed by atoms with Gasteiger partial charge in [0.2, 0.25) is 5.95 Å². The van der Waals surface area contributed by atoms with Crippen LogP contribution in [0.4, 0.5) is 0 Å². The molecule has 0 bridgehead atoms. The molecule has 156 valence electrons. The maximum absolute atomic E-state index is 5.18. The van der Waals surface area contributed by atoms with Crippen molar-refractivity contribution in [1.82, 2.24) is 14.5 Å². The number of rotatable bonds is 2. The SMILES string of the molecule is Brc1ccc2c(c1)c1ccccc1n2-c1nc(-c2ccccc2)c2sc3ccccc3c2n1. The molecule has 33 heavy (non-hydrogen) atoms. The van der Waals surface area contributed by atoms with Gasteiger partial charge in [0, 0.05) is 30.9 Å². The Bertz CT molecular complexity index is 1830. The van der Waals surface area contributed by atoms with Crippen molar-refractivity contribution in [1.29, 1.82) is 0 Å². The maximum atomic E-state index is 5.18. The van der Waals surface area contributed by atoms with E-state index in [-0.39, 0.29) is 0 Å². The Labute approximate surface area is 202 Å². The van der Waals surface area contributed by atoms with Crippen LogP contribution in [0.25, 0.3) is 59.3 Å². The number of thiophene rings is 1. The number of hydrogen-bond acceptors (Lipinski definition) is 3. The fourth-order valence-electron chi connectivity index (χ4n) is 4.63. The van der Waals surface area contributed by atoms with E-state index in [0.717, 1.165) is 37.0 Å². The summed E-state index contributed by atoms with van der Waals surface area (Å²) in [5.41, 5.74) is 5.27. The minimum absolute atomic E-state index is 0.693. The van der Waals surface area contributed by atoms with Crippen LogP contribution in [-0.2, 0) is 0 Å². The van der Waals surface area contributed by atoms with Crippen molar-refractivity contribution in [2.75, 3.05) is 0 Å². The molecule has 0 aliphatic rings. The van der Waals surface area contributed by atoms with Crippen LogP contribution in [0.15, 0.2) is 102 Å². The van der Waals surface area contributed by atoms with Crippen molar-refractivity contribution in [2.45, 2.75) is 0 Å². The van der Waals surface area contributed by atoms with E-state index in [9.17, 15) is 0 Å². The molecule has 4 aromatic carbocycles. The van der Waals surface area contributed by atoms with E-state index in [1.54, 1.807) is 11.3 Å². The lowest BCUT2D eigenvalue weighted by Gasteiger charge is -2.10. The highest BCUT2D eigenvalue weighted by Gasteiger charge is 2.19. The fourth-order valence-corrected chi connectivity index (χ4v) is 6.15. The predicted molar refractivity (Wildman–Crippen MR) is 142 cm³/mol. The van der Waals surface area contributed by atoms with E-state index >= 15 is 0 Å². The Morgan fingerprint density at radius 1 is 0.667 bits per heavy atom. The summed E-state index contributed by atoms with van der Waals surface area (Å²) in [6.07, 6.45) is 0. The lowest BCUT2D eigenvalue weighted by Crippen LogP contribution is -2.02. The zero-order valence-electron chi connectivity index (χ0n) is 17.4. The first-order chi connectivity index (χ1) is 16.3. The number of nitrogens with zero attached hydrogens (tertiary/aromatic N) is 3. The van der Waals surface area contributed by atoms with Crippen LogP contribution >= 0.6 is 27.3 Å². The summed E-state index contributed by atoms with van der Waals surface area (Å²) in [6.45, 7) is 0. The molecule has 0 saturated heterocycles. The van der Waals surface area contributed by atoms with Gasteiger partial charge in [-0.2, -0.15) is 0 Å². The Morgan fingerprint density at radius 2 is 1.39 bits per heavy atom. The largest absolute Gasteiger partial charge is 0.278 e. The fraction of sp³-hybridized carbons (Fsp3) is 0. The number of para-hydroxylation sites is 1. The minimum Gasteiger partial charge on any atom is -0.278 e. The Morgan fingerprint density at radius 3 is 2.27 bits per heavy atom. The van der Waals surface area contributed by atoms with Gasteiger partial charge in [-0.3, -0.25) is 4.57 Å². The van der Waals surface area contributed by atoms with Crippen molar-refractivity contribution < 1.29 is 0 Å². The molecule has 0 fully saturated rings. The molecule has 0 atom stereocenters. The van der Waals surface area contributed by atoms with Gasteiger partial charge in [-0.05, 0) is 30.3 Å². The normalized spacial score (nSPS) is 11.8. The smallest absolute Gasteiger partial charge is 0.235 e. The Balaban J connectivity index is 1.66. The Hall–Kier alpha value is -3.54. The average molecular weight is 506 g/mol. The van der Waals surface area contributed by atoms with E-state index in [1.165, 1.54) is 20.9 Å². The van der Waals surface area contributed by atoms with Crippen LogP contribution in [0.3, 0.4) is 0 Å². The van der Waals surface area contributed by atoms with Gasteiger partial charge in [0.1, 0.15) is 0 Å². The predicted octanol–water partition coefficient (Wildman–Crippen LogP) is 8.37. The number of hydrogen-bond donors (Lipinski definition) is 0. The lowest BCUT2D eigenvalue weighted by atomic mass is 10.1. The van der Waals surface area contributed by atoms with Crippen molar-refractivity contribution in [2.24, 2.45) is 0 Å². The second-order valence-electron chi connectivity index (χ2n) is 8.03. The quantitative estimate of drug-likeness (QED) is 0.236. The van der Waals surface area contributed by atoms with Crippen LogP contribution in [0, 0.1) is 0 Å². The molecule has 7 aromatic rings. The third kappa shape index (κ3) is 2.86. The highest BCUT2D eigenvalue weighted by molar-refractivity contribution is 9.10. The molecule has 0 radical (unpaired) electrons. The molecule has 3 nitrogen and oxygen atoms in total. The number of halogens is 1. The first kappa shape index (κ1) is 19.0. The van der Waals surface area contributed by atoms with Crippen LogP contribution in [0.2, 0.25) is 0 Å². The average Bonchev–Trinajstić information content (AvgIpc) is 3.39. The molecule has 3 aromatic heterocycles. The molecular formula is C28H16BrN3S. The summed E-state index contributed by atoms with van der Waals surface area (Å²) in [5, 5.41) is 3.54. The summed E-state index contributed by atoms with van der Waals surface area (Å²) in [5.74, 6) is 0.693. The van der Waals surface area contributed by atoms with Gasteiger partial charge < -0.3 is 0 Å². The lowest BCUT2D eigenvalue weighted by molar-refractivity contribution is 1.02. The monoisotopic (exact) mass is 505 g/mol. The van der Waals surface area contributed by atoms with Gasteiger partial charge >= 0.3 is 0 Å². The standard InChI is InChI=1S/C28H16BrN3S/c29-18-14-15-23-21(16-18)19-10-4-6-12-22(19)32(23)28-30-25(17-8-2-1-3-9-17)27-26(31-28)20-11-5-7-13-24(20)33-27/h1-16H. The minimum atomic E-state index is 0.693. The van der Waals surface area contributed by atoms with E-state index in [0.29, 0.717) is 5.95 Å². The van der Waals surface area contributed by atoms with Crippen LogP contribution in [-0.4, -0.2) is 14.5 Å². The van der Waals surface area contributed by atoms with Gasteiger partial charge in [0.05, 0.1) is 26.9 Å². The van der Waals surface area contributed by atoms with Gasteiger partial charge in [-0.1, -0.05) is 82.7 Å². The summed E-state index contributed by atoms with van der Waals surface area (Å²) >= 11 is 5.40. The third-order valence-corrected chi connectivity index (χ3v) is 7.75. The van der Waals surface area contributed by atoms with E-state index < -0.39 is 0 Å². The van der Waals surface area contributed by atoms with Gasteiger partial charge in [-0.15, -0.1) is 11.3 Å².